The molecule has 0 saturated heterocycles. The first-order valence-corrected chi connectivity index (χ1v) is 17.2. The van der Waals surface area contributed by atoms with Gasteiger partial charge in [-0.05, 0) is 97.6 Å². The molecule has 0 aromatic heterocycles. The minimum Gasteiger partial charge on any atom is -0.404 e. The molecule has 0 heterocycles. The van der Waals surface area contributed by atoms with Gasteiger partial charge in [0.1, 0.15) is 0 Å². The Morgan fingerprint density at radius 3 is 2.02 bits per heavy atom. The molecule has 222 valence electrons. The van der Waals surface area contributed by atoms with Gasteiger partial charge < -0.3 is 11.1 Å². The highest BCUT2D eigenvalue weighted by atomic mass is 32.2. The summed E-state index contributed by atoms with van der Waals surface area (Å²) >= 11 is 3.51. The smallest absolute Gasteiger partial charge is 0.0784 e. The summed E-state index contributed by atoms with van der Waals surface area (Å²) < 4.78 is 0. The molecular formula is C39H44N2S2. The highest BCUT2D eigenvalue weighted by Crippen LogP contribution is 2.53. The molecule has 4 aromatic carbocycles. The Bertz CT molecular complexity index is 1610. The fraction of sp³-hybridized carbons (Fsp3) is 0.231. The Balaban J connectivity index is 0.00000207. The normalized spacial score (nSPS) is 13.5. The van der Waals surface area contributed by atoms with Crippen LogP contribution in [0.1, 0.15) is 66.4 Å². The van der Waals surface area contributed by atoms with E-state index in [9.17, 15) is 0 Å². The van der Waals surface area contributed by atoms with Crippen molar-refractivity contribution in [3.63, 3.8) is 0 Å². The van der Waals surface area contributed by atoms with Crippen molar-refractivity contribution < 1.29 is 0 Å². The highest BCUT2D eigenvalue weighted by molar-refractivity contribution is 8.01. The van der Waals surface area contributed by atoms with Crippen molar-refractivity contribution in [2.75, 3.05) is 13.3 Å². The number of hydrogen-bond donors (Lipinski definition) is 2. The molecule has 4 aromatic rings. The third kappa shape index (κ3) is 6.28. The van der Waals surface area contributed by atoms with Gasteiger partial charge in [-0.25, -0.2) is 0 Å². The van der Waals surface area contributed by atoms with Gasteiger partial charge in [-0.3, -0.25) is 0 Å². The third-order valence-electron chi connectivity index (χ3n) is 8.19. The fourth-order valence-corrected chi connectivity index (χ4v) is 7.29. The topological polar surface area (TPSA) is 38.0 Å². The minimum atomic E-state index is -0.159. The molecule has 4 heteroatoms. The molecule has 1 aliphatic carbocycles. The summed E-state index contributed by atoms with van der Waals surface area (Å²) in [4.78, 5) is 0. The molecule has 2 nitrogen and oxygen atoms in total. The predicted molar refractivity (Wildman–Crippen MR) is 196 cm³/mol. The summed E-state index contributed by atoms with van der Waals surface area (Å²) in [6, 6.07) is 27.1. The van der Waals surface area contributed by atoms with E-state index in [1.807, 2.05) is 50.2 Å². The molecule has 0 amide bonds. The van der Waals surface area contributed by atoms with Crippen molar-refractivity contribution in [1.82, 2.24) is 5.32 Å². The first kappa shape index (κ1) is 32.5. The number of benzene rings is 4. The van der Waals surface area contributed by atoms with Gasteiger partial charge >= 0.3 is 0 Å². The molecule has 0 aliphatic heterocycles. The van der Waals surface area contributed by atoms with Crippen LogP contribution >= 0.6 is 23.5 Å². The van der Waals surface area contributed by atoms with Gasteiger partial charge in [-0.15, -0.1) is 23.5 Å². The van der Waals surface area contributed by atoms with E-state index in [1.54, 1.807) is 18.0 Å². The lowest BCUT2D eigenvalue weighted by Crippen LogP contribution is -2.15. The number of nitrogens with two attached hydrogens (primary N) is 1. The number of rotatable bonds is 10. The molecule has 1 atom stereocenters. The van der Waals surface area contributed by atoms with Gasteiger partial charge in [0, 0.05) is 17.4 Å². The van der Waals surface area contributed by atoms with Gasteiger partial charge in [-0.1, -0.05) is 114 Å². The molecule has 0 fully saturated rings. The lowest BCUT2D eigenvalue weighted by Gasteiger charge is -2.24. The van der Waals surface area contributed by atoms with E-state index in [0.29, 0.717) is 5.37 Å². The number of nitrogens with one attached hydrogen (secondary N) is 1. The van der Waals surface area contributed by atoms with E-state index in [1.165, 1.54) is 55.6 Å². The average molecular weight is 605 g/mol. The van der Waals surface area contributed by atoms with Gasteiger partial charge in [-0.2, -0.15) is 0 Å². The molecule has 1 unspecified atom stereocenters. The van der Waals surface area contributed by atoms with Gasteiger partial charge in [0.15, 0.2) is 0 Å². The molecule has 3 N–H and O–H groups in total. The zero-order chi connectivity index (χ0) is 31.1. The maximum atomic E-state index is 5.49. The molecule has 43 heavy (non-hydrogen) atoms. The maximum absolute atomic E-state index is 5.49. The van der Waals surface area contributed by atoms with Crippen LogP contribution in [0.5, 0.6) is 0 Å². The Labute approximate surface area is 267 Å². The molecule has 0 bridgehead atoms. The second-order valence-electron chi connectivity index (χ2n) is 10.8. The molecule has 0 radical (unpaired) electrons. The predicted octanol–water partition coefficient (Wildman–Crippen LogP) is 10.9. The van der Waals surface area contributed by atoms with Crippen molar-refractivity contribution in [3.05, 3.63) is 131 Å². The second kappa shape index (κ2) is 14.4. The van der Waals surface area contributed by atoms with Crippen molar-refractivity contribution in [2.45, 2.75) is 44.2 Å². The monoisotopic (exact) mass is 604 g/mol. The highest BCUT2D eigenvalue weighted by Gasteiger charge is 2.38. The van der Waals surface area contributed by atoms with Crippen LogP contribution in [0.4, 0.5) is 0 Å². The Kier molecular flexibility index (Phi) is 10.8. The van der Waals surface area contributed by atoms with Crippen molar-refractivity contribution in [1.29, 1.82) is 0 Å². The Morgan fingerprint density at radius 1 is 0.814 bits per heavy atom. The summed E-state index contributed by atoms with van der Waals surface area (Å²) in [5.74, 6) is 0.894. The number of hydrogen-bond acceptors (Lipinski definition) is 4. The minimum absolute atomic E-state index is 0.159. The van der Waals surface area contributed by atoms with E-state index in [4.69, 9.17) is 5.73 Å². The van der Waals surface area contributed by atoms with Gasteiger partial charge in [0.25, 0.3) is 0 Å². The largest absolute Gasteiger partial charge is 0.404 e. The number of thioether (sulfide) groups is 2. The van der Waals surface area contributed by atoms with Crippen molar-refractivity contribution in [3.8, 4) is 33.4 Å². The lowest BCUT2D eigenvalue weighted by molar-refractivity contribution is 0.660. The first-order valence-electron chi connectivity index (χ1n) is 14.9. The van der Waals surface area contributed by atoms with E-state index in [0.717, 1.165) is 16.9 Å². The van der Waals surface area contributed by atoms with Crippen LogP contribution in [0.3, 0.4) is 0 Å². The quantitative estimate of drug-likeness (QED) is 0.177. The van der Waals surface area contributed by atoms with E-state index < -0.39 is 0 Å². The van der Waals surface area contributed by atoms with Crippen LogP contribution < -0.4 is 11.1 Å². The fourth-order valence-electron chi connectivity index (χ4n) is 6.03. The summed E-state index contributed by atoms with van der Waals surface area (Å²) in [5.41, 5.74) is 20.3. The zero-order valence-electron chi connectivity index (χ0n) is 26.3. The molecule has 1 aliphatic rings. The first-order chi connectivity index (χ1) is 20.9. The maximum Gasteiger partial charge on any atom is 0.0784 e. The molecule has 0 spiro atoms. The van der Waals surface area contributed by atoms with Crippen LogP contribution in [0.15, 0.2) is 97.6 Å². The van der Waals surface area contributed by atoms with E-state index in [2.05, 4.69) is 111 Å². The lowest BCUT2D eigenvalue weighted by atomic mass is 9.79. The number of fused-ring (bicyclic) bond motifs is 3. The standard InChI is InChI=1S/C37H38N2S2.C2H6/c1-7-29-30(8-2)35-31-18-17-28(25-13-15-27(16-14-25)36(39-5)40-6)21-33(31)37(3,4)34(35)22-32(29)26-11-9-24(10-12-26)23-41-20-19-38;1-2/h7-22,36,39H,1-2,23,38H2,3-6H3;1-2H3/b20-19-;. The second-order valence-corrected chi connectivity index (χ2v) is 12.7. The Morgan fingerprint density at radius 2 is 1.44 bits per heavy atom. The molecule has 0 saturated carbocycles. The zero-order valence-corrected chi connectivity index (χ0v) is 28.0. The summed E-state index contributed by atoms with van der Waals surface area (Å²) in [5, 5.41) is 5.59. The summed E-state index contributed by atoms with van der Waals surface area (Å²) in [7, 11) is 2.01. The summed E-state index contributed by atoms with van der Waals surface area (Å²) in [6.45, 7) is 17.2. The molecular weight excluding hydrogens is 561 g/mol. The molecule has 5 rings (SSSR count). The third-order valence-corrected chi connectivity index (χ3v) is 10.0. The Hall–Kier alpha value is -3.44. The van der Waals surface area contributed by atoms with Crippen LogP contribution in [0.25, 0.3) is 45.5 Å². The van der Waals surface area contributed by atoms with Crippen LogP contribution in [-0.4, -0.2) is 13.3 Å². The summed E-state index contributed by atoms with van der Waals surface area (Å²) in [6.07, 6.45) is 7.70. The van der Waals surface area contributed by atoms with Crippen LogP contribution in [-0.2, 0) is 11.2 Å². The SMILES string of the molecule is C=Cc1c(-c2ccc(CS/C=C\N)cc2)cc2c(c1C=C)-c1ccc(-c3ccc(C(NC)SC)cc3)cc1C2(C)C.CC. The van der Waals surface area contributed by atoms with Gasteiger partial charge in [0.2, 0.25) is 0 Å². The van der Waals surface area contributed by atoms with Crippen LogP contribution in [0, 0.1) is 0 Å². The van der Waals surface area contributed by atoms with Crippen molar-refractivity contribution >= 4 is 35.7 Å². The van der Waals surface area contributed by atoms with E-state index >= 15 is 0 Å². The van der Waals surface area contributed by atoms with Crippen molar-refractivity contribution in [2.24, 2.45) is 5.73 Å². The van der Waals surface area contributed by atoms with E-state index in [-0.39, 0.29) is 5.41 Å². The average Bonchev–Trinajstić information content (AvgIpc) is 3.28. The van der Waals surface area contributed by atoms with Gasteiger partial charge in [0.05, 0.1) is 5.37 Å². The van der Waals surface area contributed by atoms with Crippen LogP contribution in [0.2, 0.25) is 0 Å².